The third-order valence-corrected chi connectivity index (χ3v) is 2.54. The molecule has 0 spiro atoms. The molecule has 0 amide bonds. The smallest absolute Gasteiger partial charge is 0.335 e. The molecule has 0 saturated heterocycles. The van der Waals surface area contributed by atoms with Crippen LogP contribution in [0.5, 0.6) is 11.5 Å². The summed E-state index contributed by atoms with van der Waals surface area (Å²) >= 11 is 0. The molecule has 0 aliphatic carbocycles. The Balaban J connectivity index is 2.15. The molecular formula is C14H15NO5. The summed E-state index contributed by atoms with van der Waals surface area (Å²) in [5.41, 5.74) is 0.922. The molecule has 6 heteroatoms. The Morgan fingerprint density at radius 3 is 2.70 bits per heavy atom. The quantitative estimate of drug-likeness (QED) is 0.874. The summed E-state index contributed by atoms with van der Waals surface area (Å²) in [6, 6.07) is 6.24. The van der Waals surface area contributed by atoms with E-state index in [0.29, 0.717) is 23.9 Å². The lowest BCUT2D eigenvalue weighted by molar-refractivity contribution is 0.0696. The molecule has 2 aromatic rings. The van der Waals surface area contributed by atoms with Crippen molar-refractivity contribution in [3.63, 3.8) is 0 Å². The van der Waals surface area contributed by atoms with Crippen LogP contribution >= 0.6 is 0 Å². The molecule has 2 rings (SSSR count). The zero-order valence-electron chi connectivity index (χ0n) is 11.3. The summed E-state index contributed by atoms with van der Waals surface area (Å²) in [6.45, 7) is 4.26. The van der Waals surface area contributed by atoms with Gasteiger partial charge in [0.15, 0.2) is 17.3 Å². The normalized spacial score (nSPS) is 10.3. The van der Waals surface area contributed by atoms with Gasteiger partial charge in [0.05, 0.1) is 17.9 Å². The molecule has 106 valence electrons. The van der Waals surface area contributed by atoms with Crippen molar-refractivity contribution in [2.45, 2.75) is 20.5 Å². The van der Waals surface area contributed by atoms with Gasteiger partial charge in [-0.15, -0.1) is 0 Å². The van der Waals surface area contributed by atoms with E-state index in [9.17, 15) is 4.79 Å². The Kier molecular flexibility index (Phi) is 4.24. The molecule has 0 aliphatic heterocycles. The number of hydrogen-bond acceptors (Lipinski definition) is 5. The first-order chi connectivity index (χ1) is 9.60. The molecule has 0 atom stereocenters. The van der Waals surface area contributed by atoms with Gasteiger partial charge in [0, 0.05) is 6.07 Å². The van der Waals surface area contributed by atoms with Crippen molar-refractivity contribution in [1.29, 1.82) is 0 Å². The Morgan fingerprint density at radius 1 is 1.30 bits per heavy atom. The molecule has 0 bridgehead atoms. The fourth-order valence-electron chi connectivity index (χ4n) is 1.66. The fraction of sp³-hybridized carbons (Fsp3) is 0.286. The van der Waals surface area contributed by atoms with E-state index in [1.54, 1.807) is 12.1 Å². The second kappa shape index (κ2) is 6.10. The number of aromatic nitrogens is 1. The summed E-state index contributed by atoms with van der Waals surface area (Å²) in [5, 5.41) is 12.7. The van der Waals surface area contributed by atoms with Gasteiger partial charge in [-0.25, -0.2) is 4.79 Å². The van der Waals surface area contributed by atoms with Crippen LogP contribution in [0.15, 0.2) is 28.8 Å². The Bertz CT molecular complexity index is 605. The Labute approximate surface area is 115 Å². The van der Waals surface area contributed by atoms with Crippen molar-refractivity contribution in [1.82, 2.24) is 5.16 Å². The molecule has 1 N–H and O–H groups in total. The highest BCUT2D eigenvalue weighted by Gasteiger charge is 2.11. The minimum absolute atomic E-state index is 0.149. The van der Waals surface area contributed by atoms with E-state index < -0.39 is 5.97 Å². The minimum atomic E-state index is -1.01. The Hall–Kier alpha value is -2.50. The lowest BCUT2D eigenvalue weighted by Crippen LogP contribution is -2.02. The number of nitrogens with zero attached hydrogens (tertiary/aromatic N) is 1. The van der Waals surface area contributed by atoms with Gasteiger partial charge in [-0.3, -0.25) is 0 Å². The van der Waals surface area contributed by atoms with Crippen molar-refractivity contribution in [2.24, 2.45) is 0 Å². The molecule has 0 unspecified atom stereocenters. The second-order valence-corrected chi connectivity index (χ2v) is 4.12. The summed E-state index contributed by atoms with van der Waals surface area (Å²) in [5.74, 6) is 0.435. The van der Waals surface area contributed by atoms with E-state index in [-0.39, 0.29) is 12.2 Å². The number of hydrogen-bond donors (Lipinski definition) is 1. The van der Waals surface area contributed by atoms with E-state index in [1.807, 2.05) is 13.8 Å². The van der Waals surface area contributed by atoms with Crippen LogP contribution < -0.4 is 9.47 Å². The third-order valence-electron chi connectivity index (χ3n) is 2.54. The van der Waals surface area contributed by atoms with Crippen molar-refractivity contribution >= 4 is 5.97 Å². The van der Waals surface area contributed by atoms with E-state index >= 15 is 0 Å². The summed E-state index contributed by atoms with van der Waals surface area (Å²) in [4.78, 5) is 10.9. The van der Waals surface area contributed by atoms with Gasteiger partial charge in [-0.1, -0.05) is 5.16 Å². The van der Waals surface area contributed by atoms with E-state index in [0.717, 1.165) is 5.69 Å². The van der Waals surface area contributed by atoms with Crippen molar-refractivity contribution in [2.75, 3.05) is 6.61 Å². The first-order valence-corrected chi connectivity index (χ1v) is 6.15. The van der Waals surface area contributed by atoms with Crippen LogP contribution in [-0.2, 0) is 6.61 Å². The van der Waals surface area contributed by atoms with Gasteiger partial charge in [0.2, 0.25) is 0 Å². The highest BCUT2D eigenvalue weighted by Crippen LogP contribution is 2.29. The fourth-order valence-corrected chi connectivity index (χ4v) is 1.66. The van der Waals surface area contributed by atoms with Gasteiger partial charge in [0.25, 0.3) is 0 Å². The number of benzene rings is 1. The molecular weight excluding hydrogens is 262 g/mol. The summed E-state index contributed by atoms with van der Waals surface area (Å²) < 4.78 is 16.0. The monoisotopic (exact) mass is 277 g/mol. The van der Waals surface area contributed by atoms with Gasteiger partial charge in [0.1, 0.15) is 6.61 Å². The van der Waals surface area contributed by atoms with E-state index in [4.69, 9.17) is 19.1 Å². The standard InChI is InChI=1S/C14H15NO5/c1-3-18-13-7-10(14(16)17)4-5-12(13)19-8-11-6-9(2)15-20-11/h4-7H,3,8H2,1-2H3,(H,16,17). The number of carbonyl (C=O) groups is 1. The van der Waals surface area contributed by atoms with Crippen LogP contribution in [0.3, 0.4) is 0 Å². The predicted octanol–water partition coefficient (Wildman–Crippen LogP) is 2.66. The zero-order chi connectivity index (χ0) is 14.5. The lowest BCUT2D eigenvalue weighted by atomic mass is 10.2. The molecule has 1 aromatic carbocycles. The number of carboxylic acid groups (broad SMARTS) is 1. The van der Waals surface area contributed by atoms with Crippen molar-refractivity contribution in [3.05, 3.63) is 41.3 Å². The van der Waals surface area contributed by atoms with Gasteiger partial charge in [-0.2, -0.15) is 0 Å². The van der Waals surface area contributed by atoms with Crippen molar-refractivity contribution in [3.8, 4) is 11.5 Å². The van der Waals surface area contributed by atoms with Crippen molar-refractivity contribution < 1.29 is 23.9 Å². The number of rotatable bonds is 6. The Morgan fingerprint density at radius 2 is 2.10 bits per heavy atom. The van der Waals surface area contributed by atoms with Crippen LogP contribution in [0.2, 0.25) is 0 Å². The molecule has 20 heavy (non-hydrogen) atoms. The number of ether oxygens (including phenoxy) is 2. The number of carboxylic acids is 1. The van der Waals surface area contributed by atoms with Crippen LogP contribution in [0.25, 0.3) is 0 Å². The van der Waals surface area contributed by atoms with Crippen LogP contribution in [0.4, 0.5) is 0 Å². The molecule has 0 radical (unpaired) electrons. The van der Waals surface area contributed by atoms with E-state index in [2.05, 4.69) is 5.16 Å². The lowest BCUT2D eigenvalue weighted by Gasteiger charge is -2.11. The first kappa shape index (κ1) is 13.9. The topological polar surface area (TPSA) is 81.8 Å². The highest BCUT2D eigenvalue weighted by molar-refractivity contribution is 5.88. The van der Waals surface area contributed by atoms with E-state index in [1.165, 1.54) is 12.1 Å². The zero-order valence-corrected chi connectivity index (χ0v) is 11.3. The maximum atomic E-state index is 10.9. The van der Waals surface area contributed by atoms with Crippen LogP contribution in [0, 0.1) is 6.92 Å². The SMILES string of the molecule is CCOc1cc(C(=O)O)ccc1OCc1cc(C)no1. The second-order valence-electron chi connectivity index (χ2n) is 4.12. The molecule has 1 aromatic heterocycles. The molecule has 0 aliphatic rings. The maximum Gasteiger partial charge on any atom is 0.335 e. The number of aryl methyl sites for hydroxylation is 1. The number of aromatic carboxylic acids is 1. The molecule has 0 fully saturated rings. The molecule has 1 heterocycles. The minimum Gasteiger partial charge on any atom is -0.490 e. The van der Waals surface area contributed by atoms with Crippen LogP contribution in [0.1, 0.15) is 28.7 Å². The maximum absolute atomic E-state index is 10.9. The van der Waals surface area contributed by atoms with Crippen LogP contribution in [-0.4, -0.2) is 22.8 Å². The average molecular weight is 277 g/mol. The summed E-state index contributed by atoms with van der Waals surface area (Å²) in [7, 11) is 0. The average Bonchev–Trinajstić information content (AvgIpc) is 2.83. The predicted molar refractivity (Wildman–Crippen MR) is 70.1 cm³/mol. The van der Waals surface area contributed by atoms with Gasteiger partial charge < -0.3 is 19.1 Å². The molecule has 0 saturated carbocycles. The highest BCUT2D eigenvalue weighted by atomic mass is 16.5. The van der Waals surface area contributed by atoms with Gasteiger partial charge >= 0.3 is 5.97 Å². The molecule has 6 nitrogen and oxygen atoms in total. The summed E-state index contributed by atoms with van der Waals surface area (Å²) in [6.07, 6.45) is 0. The largest absolute Gasteiger partial charge is 0.490 e. The van der Waals surface area contributed by atoms with Gasteiger partial charge in [-0.05, 0) is 32.0 Å². The first-order valence-electron chi connectivity index (χ1n) is 6.15. The third kappa shape index (κ3) is 3.28.